The fourth-order valence-corrected chi connectivity index (χ4v) is 5.37. The number of rotatable bonds is 13. The Morgan fingerprint density at radius 2 is 1.59 bits per heavy atom. The van der Waals surface area contributed by atoms with Crippen molar-refractivity contribution in [1.82, 2.24) is 10.2 Å². The molecular weight excluding hydrogens is 542 g/mol. The fraction of sp³-hybridized carbons (Fsp3) is 0.355. The van der Waals surface area contributed by atoms with Gasteiger partial charge in [-0.15, -0.1) is 0 Å². The third-order valence-corrected chi connectivity index (χ3v) is 7.60. The van der Waals surface area contributed by atoms with E-state index in [0.717, 1.165) is 27.3 Å². The number of hydrogen-bond donors (Lipinski definition) is 1. The van der Waals surface area contributed by atoms with Gasteiger partial charge in [0.05, 0.1) is 26.2 Å². The minimum Gasteiger partial charge on any atom is -0.497 e. The summed E-state index contributed by atoms with van der Waals surface area (Å²) in [5.74, 6) is -0.208. The summed E-state index contributed by atoms with van der Waals surface area (Å²) < 4.78 is 37.9. The van der Waals surface area contributed by atoms with Crippen LogP contribution in [-0.4, -0.2) is 64.2 Å². The van der Waals surface area contributed by atoms with E-state index >= 15 is 0 Å². The molecule has 0 unspecified atom stereocenters. The highest BCUT2D eigenvalue weighted by molar-refractivity contribution is 7.92. The smallest absolute Gasteiger partial charge is 0.244 e. The van der Waals surface area contributed by atoms with E-state index < -0.39 is 28.5 Å². The average Bonchev–Trinajstić information content (AvgIpc) is 2.92. The zero-order valence-electron chi connectivity index (χ0n) is 24.5. The number of carbonyl (C=O) groups is 2. The van der Waals surface area contributed by atoms with Crippen molar-refractivity contribution in [3.8, 4) is 11.5 Å². The minimum absolute atomic E-state index is 0.108. The monoisotopic (exact) mass is 581 g/mol. The molecule has 2 amide bonds. The predicted molar refractivity (Wildman–Crippen MR) is 161 cm³/mol. The number of ether oxygens (including phenoxy) is 2. The van der Waals surface area contributed by atoms with Crippen LogP contribution in [-0.2, 0) is 32.6 Å². The molecule has 220 valence electrons. The number of sulfonamides is 1. The first kappa shape index (κ1) is 31.5. The lowest BCUT2D eigenvalue weighted by molar-refractivity contribution is -0.140. The molecule has 0 aliphatic rings. The van der Waals surface area contributed by atoms with Gasteiger partial charge in [0, 0.05) is 25.1 Å². The normalized spacial score (nSPS) is 12.0. The Bertz CT molecular complexity index is 1440. The van der Waals surface area contributed by atoms with E-state index in [0.29, 0.717) is 5.75 Å². The number of aryl methyl sites for hydroxylation is 1. The summed E-state index contributed by atoms with van der Waals surface area (Å²) >= 11 is 0. The van der Waals surface area contributed by atoms with Crippen molar-refractivity contribution in [2.45, 2.75) is 45.8 Å². The van der Waals surface area contributed by atoms with E-state index in [-0.39, 0.29) is 36.4 Å². The first-order valence-electron chi connectivity index (χ1n) is 13.3. The summed E-state index contributed by atoms with van der Waals surface area (Å²) in [6, 6.07) is 20.7. The van der Waals surface area contributed by atoms with Gasteiger partial charge in [0.15, 0.2) is 0 Å². The van der Waals surface area contributed by atoms with E-state index in [1.165, 1.54) is 25.2 Å². The maximum absolute atomic E-state index is 14.2. The molecule has 0 bridgehead atoms. The highest BCUT2D eigenvalue weighted by atomic mass is 32.2. The van der Waals surface area contributed by atoms with Crippen molar-refractivity contribution in [1.29, 1.82) is 0 Å². The van der Waals surface area contributed by atoms with Gasteiger partial charge in [0.2, 0.25) is 21.8 Å². The summed E-state index contributed by atoms with van der Waals surface area (Å²) in [6.45, 7) is 5.21. The Morgan fingerprint density at radius 3 is 2.17 bits per heavy atom. The summed E-state index contributed by atoms with van der Waals surface area (Å²) in [7, 11) is -1.07. The van der Waals surface area contributed by atoms with Crippen LogP contribution in [0.5, 0.6) is 11.5 Å². The second kappa shape index (κ2) is 14.0. The van der Waals surface area contributed by atoms with E-state index in [1.54, 1.807) is 12.1 Å². The van der Waals surface area contributed by atoms with E-state index in [2.05, 4.69) is 5.32 Å². The molecule has 0 spiro atoms. The third kappa shape index (κ3) is 8.72. The van der Waals surface area contributed by atoms with Crippen molar-refractivity contribution in [2.24, 2.45) is 0 Å². The maximum atomic E-state index is 14.2. The Morgan fingerprint density at radius 1 is 0.902 bits per heavy atom. The van der Waals surface area contributed by atoms with Crippen LogP contribution in [0.1, 0.15) is 30.5 Å². The van der Waals surface area contributed by atoms with Crippen LogP contribution in [0, 0.1) is 6.92 Å². The van der Waals surface area contributed by atoms with Gasteiger partial charge in [0.25, 0.3) is 0 Å². The zero-order chi connectivity index (χ0) is 30.2. The minimum atomic E-state index is -3.96. The molecule has 0 aliphatic heterocycles. The Labute approximate surface area is 243 Å². The molecule has 0 aliphatic carbocycles. The molecule has 0 saturated heterocycles. The molecule has 0 radical (unpaired) electrons. The fourth-order valence-electron chi connectivity index (χ4n) is 4.53. The second-order valence-corrected chi connectivity index (χ2v) is 12.1. The van der Waals surface area contributed by atoms with Crippen LogP contribution in [0.15, 0.2) is 72.8 Å². The Hall–Kier alpha value is -4.05. The Kier molecular flexibility index (Phi) is 10.8. The number of nitrogens with zero attached hydrogens (tertiary/aromatic N) is 2. The highest BCUT2D eigenvalue weighted by Gasteiger charge is 2.34. The molecule has 9 nitrogen and oxygen atoms in total. The molecule has 0 saturated carbocycles. The van der Waals surface area contributed by atoms with E-state index in [4.69, 9.17) is 9.47 Å². The SMILES string of the molecule is COc1ccc(OC)c(N(CC(=O)N(Cc2cccc(C)c2)[C@@H](Cc2ccccc2)C(=O)NC(C)C)S(C)(=O)=O)c1. The second-order valence-electron chi connectivity index (χ2n) is 10.2. The first-order chi connectivity index (χ1) is 19.4. The highest BCUT2D eigenvalue weighted by Crippen LogP contribution is 2.34. The van der Waals surface area contributed by atoms with Gasteiger partial charge < -0.3 is 19.7 Å². The number of methoxy groups -OCH3 is 2. The third-order valence-electron chi connectivity index (χ3n) is 6.47. The number of amides is 2. The molecule has 0 fully saturated rings. The maximum Gasteiger partial charge on any atom is 0.244 e. The topological polar surface area (TPSA) is 105 Å². The zero-order valence-corrected chi connectivity index (χ0v) is 25.3. The molecule has 1 N–H and O–H groups in total. The van der Waals surface area contributed by atoms with E-state index in [1.807, 2.05) is 75.4 Å². The van der Waals surface area contributed by atoms with Gasteiger partial charge in [0.1, 0.15) is 24.1 Å². The van der Waals surface area contributed by atoms with Gasteiger partial charge in [-0.25, -0.2) is 8.42 Å². The average molecular weight is 582 g/mol. The van der Waals surface area contributed by atoms with Crippen LogP contribution < -0.4 is 19.1 Å². The van der Waals surface area contributed by atoms with Gasteiger partial charge in [-0.05, 0) is 44.0 Å². The van der Waals surface area contributed by atoms with Crippen molar-refractivity contribution >= 4 is 27.5 Å². The summed E-state index contributed by atoms with van der Waals surface area (Å²) in [4.78, 5) is 29.3. The molecule has 0 aromatic heterocycles. The van der Waals surface area contributed by atoms with Crippen LogP contribution in [0.25, 0.3) is 0 Å². The number of nitrogens with one attached hydrogen (secondary N) is 1. The van der Waals surface area contributed by atoms with Crippen molar-refractivity contribution in [3.63, 3.8) is 0 Å². The molecule has 0 heterocycles. The van der Waals surface area contributed by atoms with Gasteiger partial charge in [-0.3, -0.25) is 13.9 Å². The summed E-state index contributed by atoms with van der Waals surface area (Å²) in [5.41, 5.74) is 2.84. The number of benzene rings is 3. The van der Waals surface area contributed by atoms with Crippen LogP contribution >= 0.6 is 0 Å². The van der Waals surface area contributed by atoms with Crippen LogP contribution in [0.4, 0.5) is 5.69 Å². The van der Waals surface area contributed by atoms with Crippen LogP contribution in [0.2, 0.25) is 0 Å². The predicted octanol–water partition coefficient (Wildman–Crippen LogP) is 3.94. The largest absolute Gasteiger partial charge is 0.497 e. The lowest BCUT2D eigenvalue weighted by Crippen LogP contribution is -2.54. The lowest BCUT2D eigenvalue weighted by atomic mass is 10.0. The first-order valence-corrected chi connectivity index (χ1v) is 15.2. The molecule has 3 aromatic carbocycles. The molecule has 3 aromatic rings. The quantitative estimate of drug-likeness (QED) is 0.328. The molecular formula is C31H39N3O6S. The number of hydrogen-bond acceptors (Lipinski definition) is 6. The van der Waals surface area contributed by atoms with E-state index in [9.17, 15) is 18.0 Å². The van der Waals surface area contributed by atoms with Crippen molar-refractivity contribution in [2.75, 3.05) is 31.3 Å². The molecule has 41 heavy (non-hydrogen) atoms. The van der Waals surface area contributed by atoms with Crippen molar-refractivity contribution < 1.29 is 27.5 Å². The molecule has 1 atom stereocenters. The van der Waals surface area contributed by atoms with Gasteiger partial charge in [-0.2, -0.15) is 0 Å². The Balaban J connectivity index is 2.11. The van der Waals surface area contributed by atoms with Gasteiger partial charge >= 0.3 is 0 Å². The lowest BCUT2D eigenvalue weighted by Gasteiger charge is -2.34. The summed E-state index contributed by atoms with van der Waals surface area (Å²) in [6.07, 6.45) is 1.27. The standard InChI is InChI=1S/C31H39N3O6S/c1-22(2)32-31(36)28(18-24-12-8-7-9-13-24)33(20-25-14-10-11-23(3)17-25)30(35)21-34(41(6,37)38)27-19-26(39-4)15-16-29(27)40-5/h7-17,19,22,28H,18,20-21H2,1-6H3,(H,32,36)/t28-/m0/s1. The molecule has 10 heteroatoms. The summed E-state index contributed by atoms with van der Waals surface area (Å²) in [5, 5.41) is 2.94. The van der Waals surface area contributed by atoms with Crippen molar-refractivity contribution in [3.05, 3.63) is 89.5 Å². The van der Waals surface area contributed by atoms with Gasteiger partial charge in [-0.1, -0.05) is 60.2 Å². The molecule has 3 rings (SSSR count). The van der Waals surface area contributed by atoms with Crippen LogP contribution in [0.3, 0.4) is 0 Å². The number of anilines is 1. The number of carbonyl (C=O) groups excluding carboxylic acids is 2.